The zero-order chi connectivity index (χ0) is 12.4. The van der Waals surface area contributed by atoms with Gasteiger partial charge in [-0.3, -0.25) is 4.79 Å². The molecule has 0 atom stereocenters. The van der Waals surface area contributed by atoms with E-state index in [0.717, 1.165) is 11.1 Å². The van der Waals surface area contributed by atoms with Gasteiger partial charge < -0.3 is 4.98 Å². The summed E-state index contributed by atoms with van der Waals surface area (Å²) in [6.45, 7) is 1.85. The Morgan fingerprint density at radius 1 is 1.29 bits per heavy atom. The van der Waals surface area contributed by atoms with Crippen LogP contribution in [0.5, 0.6) is 0 Å². The van der Waals surface area contributed by atoms with Crippen LogP contribution in [-0.2, 0) is 0 Å². The molecule has 0 amide bonds. The number of aryl methyl sites for hydroxylation is 1. The van der Waals surface area contributed by atoms with E-state index in [9.17, 15) is 4.79 Å². The van der Waals surface area contributed by atoms with Crippen molar-refractivity contribution in [1.29, 1.82) is 5.26 Å². The molecule has 0 unspecified atom stereocenters. The largest absolute Gasteiger partial charge is 0.321 e. The fraction of sp³-hybridized carbons (Fsp3) is 0.0769. The molecule has 1 aromatic heterocycles. The zero-order valence-electron chi connectivity index (χ0n) is 9.12. The number of nitrogens with zero attached hydrogens (tertiary/aromatic N) is 1. The number of nitrogens with one attached hydrogen (secondary N) is 1. The van der Waals surface area contributed by atoms with Crippen LogP contribution in [0.25, 0.3) is 11.3 Å². The molecule has 4 heteroatoms. The topological polar surface area (TPSA) is 56.6 Å². The Kier molecular flexibility index (Phi) is 2.99. The van der Waals surface area contributed by atoms with Gasteiger partial charge in [0.25, 0.3) is 5.56 Å². The summed E-state index contributed by atoms with van der Waals surface area (Å²) in [6, 6.07) is 10.6. The van der Waals surface area contributed by atoms with Crippen molar-refractivity contribution in [2.45, 2.75) is 6.92 Å². The molecular weight excluding hydrogens is 236 g/mol. The summed E-state index contributed by atoms with van der Waals surface area (Å²) in [4.78, 5) is 14.3. The molecule has 0 aliphatic carbocycles. The molecule has 2 aromatic rings. The molecular formula is C13H9ClN2O. The molecule has 2 rings (SSSR count). The number of halogens is 1. The van der Waals surface area contributed by atoms with E-state index < -0.39 is 0 Å². The third-order valence-corrected chi connectivity index (χ3v) is 2.74. The average Bonchev–Trinajstić information content (AvgIpc) is 2.33. The molecule has 3 nitrogen and oxygen atoms in total. The Hall–Kier alpha value is -2.05. The van der Waals surface area contributed by atoms with E-state index in [1.807, 2.05) is 25.1 Å². The van der Waals surface area contributed by atoms with Crippen molar-refractivity contribution in [3.8, 4) is 17.3 Å². The van der Waals surface area contributed by atoms with E-state index in [1.54, 1.807) is 18.2 Å². The highest BCUT2D eigenvalue weighted by molar-refractivity contribution is 6.30. The van der Waals surface area contributed by atoms with Crippen LogP contribution in [0.4, 0.5) is 0 Å². The Bertz CT molecular complexity index is 651. The summed E-state index contributed by atoms with van der Waals surface area (Å²) in [6.07, 6.45) is 0. The fourth-order valence-electron chi connectivity index (χ4n) is 1.63. The predicted octanol–water partition coefficient (Wildman–Crippen LogP) is 2.88. The normalized spacial score (nSPS) is 9.94. The van der Waals surface area contributed by atoms with Crippen LogP contribution in [0.15, 0.2) is 35.1 Å². The molecule has 1 heterocycles. The van der Waals surface area contributed by atoms with Crippen LogP contribution in [0.3, 0.4) is 0 Å². The van der Waals surface area contributed by atoms with Gasteiger partial charge in [-0.15, -0.1) is 0 Å². The van der Waals surface area contributed by atoms with E-state index in [-0.39, 0.29) is 11.1 Å². The van der Waals surface area contributed by atoms with Gasteiger partial charge in [-0.1, -0.05) is 23.7 Å². The van der Waals surface area contributed by atoms with Gasteiger partial charge in [-0.05, 0) is 36.2 Å². The van der Waals surface area contributed by atoms with Crippen LogP contribution >= 0.6 is 11.6 Å². The number of pyridine rings is 1. The van der Waals surface area contributed by atoms with Crippen molar-refractivity contribution < 1.29 is 0 Å². The molecule has 84 valence electrons. The number of H-pyrrole nitrogens is 1. The number of aromatic nitrogens is 1. The molecule has 1 N–H and O–H groups in total. The van der Waals surface area contributed by atoms with Gasteiger partial charge in [0.2, 0.25) is 0 Å². The molecule has 0 aliphatic heterocycles. The van der Waals surface area contributed by atoms with Crippen LogP contribution in [0.2, 0.25) is 5.02 Å². The van der Waals surface area contributed by atoms with Crippen LogP contribution in [-0.4, -0.2) is 4.98 Å². The standard InChI is InChI=1S/C13H9ClN2O/c1-8-6-10(7-15)13(17)16-12(8)9-2-4-11(14)5-3-9/h2-6H,1H3,(H,16,17). The van der Waals surface area contributed by atoms with Crippen molar-refractivity contribution in [2.75, 3.05) is 0 Å². The second-order valence-corrected chi connectivity index (χ2v) is 4.13. The van der Waals surface area contributed by atoms with Crippen molar-refractivity contribution in [1.82, 2.24) is 4.98 Å². The lowest BCUT2D eigenvalue weighted by Gasteiger charge is -2.06. The molecule has 1 aromatic carbocycles. The minimum Gasteiger partial charge on any atom is -0.321 e. The van der Waals surface area contributed by atoms with Crippen molar-refractivity contribution >= 4 is 11.6 Å². The quantitative estimate of drug-likeness (QED) is 0.839. The number of rotatable bonds is 1. The van der Waals surface area contributed by atoms with E-state index in [0.29, 0.717) is 10.7 Å². The van der Waals surface area contributed by atoms with Crippen molar-refractivity contribution in [3.63, 3.8) is 0 Å². The van der Waals surface area contributed by atoms with E-state index in [4.69, 9.17) is 16.9 Å². The highest BCUT2D eigenvalue weighted by Gasteiger charge is 2.06. The lowest BCUT2D eigenvalue weighted by Crippen LogP contribution is -2.11. The van der Waals surface area contributed by atoms with E-state index in [2.05, 4.69) is 4.98 Å². The maximum atomic E-state index is 11.6. The first-order valence-electron chi connectivity index (χ1n) is 5.02. The van der Waals surface area contributed by atoms with Crippen LogP contribution < -0.4 is 5.56 Å². The van der Waals surface area contributed by atoms with Gasteiger partial charge >= 0.3 is 0 Å². The first kappa shape index (κ1) is 11.4. The molecule has 0 saturated heterocycles. The summed E-state index contributed by atoms with van der Waals surface area (Å²) < 4.78 is 0. The lowest BCUT2D eigenvalue weighted by molar-refractivity contribution is 1.18. The van der Waals surface area contributed by atoms with E-state index in [1.165, 1.54) is 0 Å². The number of aromatic amines is 1. The lowest BCUT2D eigenvalue weighted by atomic mass is 10.1. The van der Waals surface area contributed by atoms with Crippen molar-refractivity contribution in [3.05, 3.63) is 56.8 Å². The Labute approximate surface area is 103 Å². The molecule has 17 heavy (non-hydrogen) atoms. The summed E-state index contributed by atoms with van der Waals surface area (Å²) in [7, 11) is 0. The Morgan fingerprint density at radius 3 is 2.53 bits per heavy atom. The molecule has 0 aliphatic rings. The molecule has 0 bridgehead atoms. The first-order chi connectivity index (χ1) is 8.11. The first-order valence-corrected chi connectivity index (χ1v) is 5.39. The van der Waals surface area contributed by atoms with Gasteiger partial charge in [-0.25, -0.2) is 0 Å². The smallest absolute Gasteiger partial charge is 0.266 e. The highest BCUT2D eigenvalue weighted by Crippen LogP contribution is 2.21. The van der Waals surface area contributed by atoms with Gasteiger partial charge in [-0.2, -0.15) is 5.26 Å². The number of nitriles is 1. The molecule has 0 fully saturated rings. The molecule has 0 radical (unpaired) electrons. The van der Waals surface area contributed by atoms with Gasteiger partial charge in [0.15, 0.2) is 0 Å². The third kappa shape index (κ3) is 2.22. The molecule has 0 spiro atoms. The fourth-order valence-corrected chi connectivity index (χ4v) is 1.76. The summed E-state index contributed by atoms with van der Waals surface area (Å²) in [5.74, 6) is 0. The highest BCUT2D eigenvalue weighted by atomic mass is 35.5. The van der Waals surface area contributed by atoms with Crippen LogP contribution in [0, 0.1) is 18.3 Å². The second kappa shape index (κ2) is 4.44. The van der Waals surface area contributed by atoms with Gasteiger partial charge in [0.1, 0.15) is 11.6 Å². The third-order valence-electron chi connectivity index (χ3n) is 2.49. The summed E-state index contributed by atoms with van der Waals surface area (Å²) in [5.41, 5.74) is 2.19. The predicted molar refractivity (Wildman–Crippen MR) is 67.0 cm³/mol. The monoisotopic (exact) mass is 244 g/mol. The van der Waals surface area contributed by atoms with Crippen LogP contribution in [0.1, 0.15) is 11.1 Å². The summed E-state index contributed by atoms with van der Waals surface area (Å²) >= 11 is 5.80. The number of benzene rings is 1. The maximum Gasteiger partial charge on any atom is 0.266 e. The SMILES string of the molecule is Cc1cc(C#N)c(=O)[nH]c1-c1ccc(Cl)cc1. The second-order valence-electron chi connectivity index (χ2n) is 3.69. The zero-order valence-corrected chi connectivity index (χ0v) is 9.88. The summed E-state index contributed by atoms with van der Waals surface area (Å²) in [5, 5.41) is 9.39. The van der Waals surface area contributed by atoms with E-state index >= 15 is 0 Å². The number of hydrogen-bond acceptors (Lipinski definition) is 2. The minimum atomic E-state index is -0.372. The average molecular weight is 245 g/mol. The van der Waals surface area contributed by atoms with Crippen molar-refractivity contribution in [2.24, 2.45) is 0 Å². The minimum absolute atomic E-state index is 0.125. The van der Waals surface area contributed by atoms with Gasteiger partial charge in [0, 0.05) is 5.02 Å². The van der Waals surface area contributed by atoms with Gasteiger partial charge in [0.05, 0.1) is 5.69 Å². The maximum absolute atomic E-state index is 11.6. The Morgan fingerprint density at radius 2 is 1.94 bits per heavy atom. The Balaban J connectivity index is 2.61. The number of hydrogen-bond donors (Lipinski definition) is 1. The molecule has 0 saturated carbocycles.